The number of thioether (sulfide) groups is 1. The highest BCUT2D eigenvalue weighted by Gasteiger charge is 2.29. The number of hydrogen-bond acceptors (Lipinski definition) is 5. The number of para-hydroxylation sites is 1. The van der Waals surface area contributed by atoms with E-state index in [4.69, 9.17) is 11.6 Å². The van der Waals surface area contributed by atoms with Gasteiger partial charge in [0.05, 0.1) is 21.2 Å². The second-order valence-electron chi connectivity index (χ2n) is 9.95. The highest BCUT2D eigenvalue weighted by atomic mass is 79.9. The third-order valence-electron chi connectivity index (χ3n) is 7.16. The Labute approximate surface area is 260 Å². The zero-order chi connectivity index (χ0) is 28.7. The van der Waals surface area contributed by atoms with Gasteiger partial charge in [-0.3, -0.25) is 9.59 Å². The van der Waals surface area contributed by atoms with Gasteiger partial charge in [-0.2, -0.15) is 0 Å². The molecule has 1 aliphatic heterocycles. The molecule has 1 saturated heterocycles. The third-order valence-corrected chi connectivity index (χ3v) is 10.6. The number of benzene rings is 2. The van der Waals surface area contributed by atoms with Gasteiger partial charge < -0.3 is 15.2 Å². The quantitative estimate of drug-likeness (QED) is 0.210. The molecule has 0 saturated carbocycles. The highest BCUT2D eigenvalue weighted by Crippen LogP contribution is 2.40. The molecule has 4 aromatic rings. The standard InChI is InChI=1S/C31H26BrClN4O2S2/c1-17-14-19(15-26-28(38)36-31(41-26)35-21-12-13-23(32)24(33)16-21)18(2)37(17)30-27(22-10-6-7-11-25(22)40-30)29(39)34-20-8-4-3-5-9-20/h3-5,8-9,12-16H,6-7,10-11H2,1-2H3,(H,34,39)(H,35,36,38)/b26-15-. The summed E-state index contributed by atoms with van der Waals surface area (Å²) >= 11 is 12.6. The zero-order valence-electron chi connectivity index (χ0n) is 22.4. The lowest BCUT2D eigenvalue weighted by atomic mass is 9.95. The van der Waals surface area contributed by atoms with Crippen LogP contribution in [0, 0.1) is 13.8 Å². The molecule has 0 spiro atoms. The molecule has 41 heavy (non-hydrogen) atoms. The number of nitrogens with one attached hydrogen (secondary N) is 2. The minimum absolute atomic E-state index is 0.0855. The number of carbonyl (C=O) groups excluding carboxylic acids is 2. The van der Waals surface area contributed by atoms with Crippen molar-refractivity contribution in [2.75, 3.05) is 5.32 Å². The van der Waals surface area contributed by atoms with Gasteiger partial charge in [0.15, 0.2) is 5.17 Å². The summed E-state index contributed by atoms with van der Waals surface area (Å²) in [6.07, 6.45) is 6.01. The number of aliphatic imine (C=N–C) groups is 1. The lowest BCUT2D eigenvalue weighted by molar-refractivity contribution is -0.115. The molecule has 3 heterocycles. The van der Waals surface area contributed by atoms with Crippen LogP contribution < -0.4 is 10.6 Å². The van der Waals surface area contributed by atoms with Gasteiger partial charge in [0, 0.05) is 26.4 Å². The van der Waals surface area contributed by atoms with Crippen molar-refractivity contribution in [2.45, 2.75) is 39.5 Å². The Bertz CT molecular complexity index is 1760. The van der Waals surface area contributed by atoms with Crippen LogP contribution in [0.2, 0.25) is 5.02 Å². The van der Waals surface area contributed by atoms with Crippen LogP contribution in [0.3, 0.4) is 0 Å². The van der Waals surface area contributed by atoms with E-state index in [1.807, 2.05) is 62.4 Å². The van der Waals surface area contributed by atoms with E-state index in [9.17, 15) is 9.59 Å². The molecule has 0 atom stereocenters. The van der Waals surface area contributed by atoms with Crippen LogP contribution in [-0.2, 0) is 17.6 Å². The molecule has 2 aromatic carbocycles. The van der Waals surface area contributed by atoms with Gasteiger partial charge in [0.2, 0.25) is 0 Å². The van der Waals surface area contributed by atoms with E-state index in [0.717, 1.165) is 68.9 Å². The fourth-order valence-corrected chi connectivity index (χ4v) is 7.95. The van der Waals surface area contributed by atoms with Crippen molar-refractivity contribution in [3.05, 3.63) is 102 Å². The Balaban J connectivity index is 1.35. The lowest BCUT2D eigenvalue weighted by Gasteiger charge is -2.14. The molecule has 0 radical (unpaired) electrons. The van der Waals surface area contributed by atoms with Crippen LogP contribution in [0.4, 0.5) is 11.4 Å². The molecule has 6 rings (SSSR count). The zero-order valence-corrected chi connectivity index (χ0v) is 26.4. The number of carbonyl (C=O) groups is 2. The van der Waals surface area contributed by atoms with Crippen molar-refractivity contribution < 1.29 is 9.59 Å². The van der Waals surface area contributed by atoms with Gasteiger partial charge in [0.1, 0.15) is 5.00 Å². The molecular weight excluding hydrogens is 640 g/mol. The molecule has 6 nitrogen and oxygen atoms in total. The number of aromatic nitrogens is 1. The van der Waals surface area contributed by atoms with Gasteiger partial charge in [-0.05, 0) is 121 Å². The summed E-state index contributed by atoms with van der Waals surface area (Å²) in [5.74, 6) is -0.283. The van der Waals surface area contributed by atoms with E-state index in [1.54, 1.807) is 17.4 Å². The first-order valence-electron chi connectivity index (χ1n) is 13.2. The number of hydrogen-bond donors (Lipinski definition) is 2. The molecular formula is C31H26BrClN4O2S2. The SMILES string of the molecule is Cc1cc(/C=C2\SC(=Nc3ccc(Br)c(Cl)c3)NC2=O)c(C)n1-c1sc2c(c1C(=O)Nc1ccccc1)CCCC2. The minimum Gasteiger partial charge on any atom is -0.322 e. The van der Waals surface area contributed by atoms with Gasteiger partial charge >= 0.3 is 0 Å². The summed E-state index contributed by atoms with van der Waals surface area (Å²) in [6.45, 7) is 4.08. The predicted molar refractivity (Wildman–Crippen MR) is 174 cm³/mol. The Morgan fingerprint density at radius 3 is 2.68 bits per heavy atom. The van der Waals surface area contributed by atoms with E-state index in [2.05, 4.69) is 42.2 Å². The summed E-state index contributed by atoms with van der Waals surface area (Å²) in [6, 6.07) is 17.0. The first kappa shape index (κ1) is 28.0. The first-order valence-corrected chi connectivity index (χ1v) is 16.0. The number of thiophene rings is 1. The van der Waals surface area contributed by atoms with E-state index in [-0.39, 0.29) is 11.8 Å². The molecule has 2 aliphatic rings. The van der Waals surface area contributed by atoms with Crippen molar-refractivity contribution in [1.82, 2.24) is 9.88 Å². The fraction of sp³-hybridized carbons (Fsp3) is 0.194. The number of nitrogens with zero attached hydrogens (tertiary/aromatic N) is 2. The van der Waals surface area contributed by atoms with Gasteiger partial charge in [-0.1, -0.05) is 29.8 Å². The Hall–Kier alpha value is -3.11. The van der Waals surface area contributed by atoms with Crippen LogP contribution in [-0.4, -0.2) is 21.5 Å². The van der Waals surface area contributed by atoms with Crippen molar-refractivity contribution in [3.63, 3.8) is 0 Å². The van der Waals surface area contributed by atoms with Crippen LogP contribution in [0.15, 0.2) is 69.0 Å². The van der Waals surface area contributed by atoms with E-state index < -0.39 is 0 Å². The maximum atomic E-state index is 13.7. The molecule has 0 bridgehead atoms. The number of amides is 2. The number of halogens is 2. The van der Waals surface area contributed by atoms with E-state index >= 15 is 0 Å². The lowest BCUT2D eigenvalue weighted by Crippen LogP contribution is -2.19. The van der Waals surface area contributed by atoms with Gasteiger partial charge in [-0.15, -0.1) is 11.3 Å². The van der Waals surface area contributed by atoms with E-state index in [0.29, 0.717) is 20.8 Å². The molecule has 1 fully saturated rings. The predicted octanol–water partition coefficient (Wildman–Crippen LogP) is 8.59. The van der Waals surface area contributed by atoms with Gasteiger partial charge in [-0.25, -0.2) is 4.99 Å². The van der Waals surface area contributed by atoms with Crippen molar-refractivity contribution >= 4 is 85.1 Å². The van der Waals surface area contributed by atoms with Gasteiger partial charge in [0.25, 0.3) is 11.8 Å². The van der Waals surface area contributed by atoms with E-state index in [1.165, 1.54) is 16.6 Å². The normalized spacial score (nSPS) is 16.7. The monoisotopic (exact) mass is 664 g/mol. The second-order valence-corrected chi connectivity index (χ2v) is 13.3. The number of amidine groups is 1. The summed E-state index contributed by atoms with van der Waals surface area (Å²) in [7, 11) is 0. The van der Waals surface area contributed by atoms with Crippen LogP contribution in [0.1, 0.15) is 50.6 Å². The van der Waals surface area contributed by atoms with Crippen molar-refractivity contribution in [1.29, 1.82) is 0 Å². The molecule has 10 heteroatoms. The number of fused-ring (bicyclic) bond motifs is 1. The highest BCUT2D eigenvalue weighted by molar-refractivity contribution is 9.10. The maximum Gasteiger partial charge on any atom is 0.264 e. The van der Waals surface area contributed by atoms with Crippen molar-refractivity contribution in [3.8, 4) is 5.00 Å². The molecule has 1 aliphatic carbocycles. The van der Waals surface area contributed by atoms with Crippen LogP contribution in [0.5, 0.6) is 0 Å². The smallest absolute Gasteiger partial charge is 0.264 e. The Morgan fingerprint density at radius 2 is 1.90 bits per heavy atom. The second kappa shape index (κ2) is 11.6. The van der Waals surface area contributed by atoms with Crippen molar-refractivity contribution in [2.24, 2.45) is 4.99 Å². The Morgan fingerprint density at radius 1 is 1.12 bits per heavy atom. The third kappa shape index (κ3) is 5.68. The number of rotatable bonds is 5. The molecule has 2 amide bonds. The average molecular weight is 666 g/mol. The summed E-state index contributed by atoms with van der Waals surface area (Å²) in [5, 5.41) is 7.95. The topological polar surface area (TPSA) is 75.5 Å². The van der Waals surface area contributed by atoms with Crippen LogP contribution >= 0.6 is 50.6 Å². The summed E-state index contributed by atoms with van der Waals surface area (Å²) < 4.78 is 2.94. The molecule has 2 aromatic heterocycles. The minimum atomic E-state index is -0.198. The average Bonchev–Trinajstić information content (AvgIpc) is 3.58. The fourth-order valence-electron chi connectivity index (χ4n) is 5.20. The largest absolute Gasteiger partial charge is 0.322 e. The molecule has 2 N–H and O–H groups in total. The number of anilines is 1. The Kier molecular flexibility index (Phi) is 7.96. The first-order chi connectivity index (χ1) is 19.8. The van der Waals surface area contributed by atoms with Crippen LogP contribution in [0.25, 0.3) is 11.1 Å². The summed E-state index contributed by atoms with van der Waals surface area (Å²) in [5.41, 5.74) is 6.25. The molecule has 0 unspecified atom stereocenters. The maximum absolute atomic E-state index is 13.7. The number of aryl methyl sites for hydroxylation is 2. The summed E-state index contributed by atoms with van der Waals surface area (Å²) in [4.78, 5) is 33.0. The molecule has 208 valence electrons.